The minimum atomic E-state index is -0.529. The van der Waals surface area contributed by atoms with Gasteiger partial charge in [0, 0.05) is 5.56 Å². The number of ether oxygens (including phenoxy) is 1. The van der Waals surface area contributed by atoms with Crippen LogP contribution in [-0.4, -0.2) is 18.2 Å². The maximum atomic E-state index is 11.9. The van der Waals surface area contributed by atoms with Gasteiger partial charge in [0.05, 0.1) is 12.5 Å². The second-order valence-electron chi connectivity index (χ2n) is 5.04. The molecule has 0 radical (unpaired) electrons. The van der Waals surface area contributed by atoms with Gasteiger partial charge >= 0.3 is 5.97 Å². The number of rotatable bonds is 4. The number of carbonyl (C=O) groups excluding carboxylic acids is 1. The van der Waals surface area contributed by atoms with E-state index in [0.29, 0.717) is 23.0 Å². The van der Waals surface area contributed by atoms with Gasteiger partial charge in [-0.15, -0.1) is 0 Å². The predicted octanol–water partition coefficient (Wildman–Crippen LogP) is 3.71. The number of phenolic OH excluding ortho intramolecular Hbond substituents is 1. The van der Waals surface area contributed by atoms with Crippen molar-refractivity contribution in [2.24, 2.45) is 0 Å². The molecule has 3 aromatic rings. The highest BCUT2D eigenvalue weighted by molar-refractivity contribution is 5.98. The van der Waals surface area contributed by atoms with Crippen molar-refractivity contribution in [2.45, 2.75) is 12.8 Å². The fraction of sp³-hybridized carbons (Fsp3) is 0.167. The van der Waals surface area contributed by atoms with E-state index < -0.39 is 5.97 Å². The van der Waals surface area contributed by atoms with Crippen LogP contribution < -0.4 is 0 Å². The summed E-state index contributed by atoms with van der Waals surface area (Å²) in [5.74, 6) is -0.256. The van der Waals surface area contributed by atoms with E-state index in [1.54, 1.807) is 18.2 Å². The molecular weight excluding hydrogens is 280 g/mol. The minimum absolute atomic E-state index is 0.111. The van der Waals surface area contributed by atoms with E-state index in [2.05, 4.69) is 0 Å². The predicted molar refractivity (Wildman–Crippen MR) is 83.1 cm³/mol. The Morgan fingerprint density at radius 1 is 1.09 bits per heavy atom. The molecule has 0 saturated heterocycles. The first kappa shape index (κ1) is 14.2. The van der Waals surface area contributed by atoms with E-state index in [-0.39, 0.29) is 11.5 Å². The van der Waals surface area contributed by atoms with Crippen LogP contribution in [0.5, 0.6) is 5.75 Å². The molecule has 2 aromatic carbocycles. The van der Waals surface area contributed by atoms with Gasteiger partial charge in [0.15, 0.2) is 0 Å². The third-order valence-electron chi connectivity index (χ3n) is 3.67. The van der Waals surface area contributed by atoms with Crippen LogP contribution in [0.3, 0.4) is 0 Å². The van der Waals surface area contributed by atoms with Gasteiger partial charge < -0.3 is 14.3 Å². The van der Waals surface area contributed by atoms with Crippen LogP contribution in [0, 0.1) is 0 Å². The molecule has 0 unspecified atom stereocenters. The third kappa shape index (κ3) is 2.55. The molecule has 1 aromatic heterocycles. The Labute approximate surface area is 127 Å². The molecule has 0 atom stereocenters. The lowest BCUT2D eigenvalue weighted by atomic mass is 10.0. The van der Waals surface area contributed by atoms with Crippen LogP contribution in [0.2, 0.25) is 0 Å². The standard InChI is InChI=1S/C18H16O4/c1-21-18(20)17-13(11-10-12-6-3-2-4-7-12)16-14(19)8-5-9-15(16)22-17/h2-9,19H,10-11H2,1H3. The number of fused-ring (bicyclic) bond motifs is 1. The van der Waals surface area contributed by atoms with Crippen LogP contribution >= 0.6 is 0 Å². The molecule has 4 heteroatoms. The average Bonchev–Trinajstić information content (AvgIpc) is 2.93. The van der Waals surface area contributed by atoms with Crippen LogP contribution in [-0.2, 0) is 17.6 Å². The zero-order valence-electron chi connectivity index (χ0n) is 12.2. The van der Waals surface area contributed by atoms with Gasteiger partial charge in [0.2, 0.25) is 5.76 Å². The normalized spacial score (nSPS) is 10.8. The van der Waals surface area contributed by atoms with Crippen molar-refractivity contribution in [3.8, 4) is 5.75 Å². The number of hydrogen-bond donors (Lipinski definition) is 1. The molecule has 0 spiro atoms. The molecule has 4 nitrogen and oxygen atoms in total. The lowest BCUT2D eigenvalue weighted by Gasteiger charge is -2.03. The molecule has 0 amide bonds. The van der Waals surface area contributed by atoms with E-state index in [9.17, 15) is 9.90 Å². The SMILES string of the molecule is COC(=O)c1oc2cccc(O)c2c1CCc1ccccc1. The topological polar surface area (TPSA) is 59.7 Å². The number of hydrogen-bond acceptors (Lipinski definition) is 4. The molecule has 0 saturated carbocycles. The molecular formula is C18H16O4. The van der Waals surface area contributed by atoms with Crippen molar-refractivity contribution < 1.29 is 19.1 Å². The second kappa shape index (κ2) is 5.93. The molecule has 112 valence electrons. The summed E-state index contributed by atoms with van der Waals surface area (Å²) in [7, 11) is 1.32. The molecule has 1 N–H and O–H groups in total. The molecule has 3 rings (SSSR count). The highest BCUT2D eigenvalue weighted by Gasteiger charge is 2.22. The van der Waals surface area contributed by atoms with Crippen molar-refractivity contribution in [3.05, 3.63) is 65.4 Å². The number of carbonyl (C=O) groups is 1. The third-order valence-corrected chi connectivity index (χ3v) is 3.67. The smallest absolute Gasteiger partial charge is 0.374 e. The summed E-state index contributed by atoms with van der Waals surface area (Å²) in [6.45, 7) is 0. The number of phenols is 1. The quantitative estimate of drug-likeness (QED) is 0.746. The van der Waals surface area contributed by atoms with Crippen LogP contribution in [0.25, 0.3) is 11.0 Å². The highest BCUT2D eigenvalue weighted by atomic mass is 16.5. The first-order chi connectivity index (χ1) is 10.7. The lowest BCUT2D eigenvalue weighted by Crippen LogP contribution is -2.04. The summed E-state index contributed by atoms with van der Waals surface area (Å²) in [4.78, 5) is 11.9. The highest BCUT2D eigenvalue weighted by Crippen LogP contribution is 2.34. The van der Waals surface area contributed by atoms with Gasteiger partial charge in [0.1, 0.15) is 11.3 Å². The summed E-state index contributed by atoms with van der Waals surface area (Å²) in [6.07, 6.45) is 1.33. The van der Waals surface area contributed by atoms with E-state index in [1.165, 1.54) is 7.11 Å². The first-order valence-corrected chi connectivity index (χ1v) is 7.06. The fourth-order valence-electron chi connectivity index (χ4n) is 2.60. The Bertz CT molecular complexity index is 803. The Morgan fingerprint density at radius 3 is 2.59 bits per heavy atom. The number of furan rings is 1. The number of esters is 1. The van der Waals surface area contributed by atoms with Crippen molar-refractivity contribution in [3.63, 3.8) is 0 Å². The molecule has 0 aliphatic rings. The zero-order chi connectivity index (χ0) is 15.5. The Kier molecular flexibility index (Phi) is 3.83. The number of aryl methyl sites for hydroxylation is 2. The van der Waals surface area contributed by atoms with E-state index in [1.807, 2.05) is 30.3 Å². The molecule has 1 heterocycles. The van der Waals surface area contributed by atoms with Gasteiger partial charge in [-0.1, -0.05) is 36.4 Å². The van der Waals surface area contributed by atoms with E-state index in [0.717, 1.165) is 12.0 Å². The van der Waals surface area contributed by atoms with Crippen LogP contribution in [0.15, 0.2) is 52.9 Å². The summed E-state index contributed by atoms with van der Waals surface area (Å²) in [5.41, 5.74) is 2.33. The fourth-order valence-corrected chi connectivity index (χ4v) is 2.60. The van der Waals surface area contributed by atoms with Gasteiger partial charge in [-0.3, -0.25) is 0 Å². The maximum Gasteiger partial charge on any atom is 0.374 e. The monoisotopic (exact) mass is 296 g/mol. The molecule has 0 aliphatic heterocycles. The Hall–Kier alpha value is -2.75. The maximum absolute atomic E-state index is 11.9. The Balaban J connectivity index is 2.03. The van der Waals surface area contributed by atoms with Crippen molar-refractivity contribution in [1.82, 2.24) is 0 Å². The van der Waals surface area contributed by atoms with Gasteiger partial charge in [-0.05, 0) is 30.5 Å². The lowest BCUT2D eigenvalue weighted by molar-refractivity contribution is 0.0566. The molecule has 0 aliphatic carbocycles. The summed E-state index contributed by atoms with van der Waals surface area (Å²) >= 11 is 0. The molecule has 0 fully saturated rings. The van der Waals surface area contributed by atoms with E-state index in [4.69, 9.17) is 9.15 Å². The van der Waals surface area contributed by atoms with Crippen LogP contribution in [0.4, 0.5) is 0 Å². The van der Waals surface area contributed by atoms with Crippen LogP contribution in [0.1, 0.15) is 21.7 Å². The van der Waals surface area contributed by atoms with Crippen molar-refractivity contribution in [2.75, 3.05) is 7.11 Å². The summed E-state index contributed by atoms with van der Waals surface area (Å²) in [5, 5.41) is 10.7. The molecule has 22 heavy (non-hydrogen) atoms. The van der Waals surface area contributed by atoms with Gasteiger partial charge in [0.25, 0.3) is 0 Å². The van der Waals surface area contributed by atoms with Crippen molar-refractivity contribution in [1.29, 1.82) is 0 Å². The molecule has 0 bridgehead atoms. The largest absolute Gasteiger partial charge is 0.507 e. The van der Waals surface area contributed by atoms with E-state index >= 15 is 0 Å². The second-order valence-corrected chi connectivity index (χ2v) is 5.04. The number of aromatic hydroxyl groups is 1. The average molecular weight is 296 g/mol. The summed E-state index contributed by atoms with van der Waals surface area (Å²) in [6, 6.07) is 15.0. The Morgan fingerprint density at radius 2 is 1.86 bits per heavy atom. The summed E-state index contributed by atoms with van der Waals surface area (Å²) < 4.78 is 10.4. The first-order valence-electron chi connectivity index (χ1n) is 7.06. The minimum Gasteiger partial charge on any atom is -0.507 e. The number of benzene rings is 2. The van der Waals surface area contributed by atoms with Crippen molar-refractivity contribution >= 4 is 16.9 Å². The zero-order valence-corrected chi connectivity index (χ0v) is 12.2. The number of methoxy groups -OCH3 is 1. The van der Waals surface area contributed by atoms with Gasteiger partial charge in [-0.25, -0.2) is 4.79 Å². The van der Waals surface area contributed by atoms with Gasteiger partial charge in [-0.2, -0.15) is 0 Å².